The molecule has 0 radical (unpaired) electrons. The van der Waals surface area contributed by atoms with E-state index >= 15 is 0 Å². The first-order valence-corrected chi connectivity index (χ1v) is 6.12. The number of hydrogen-bond donors (Lipinski definition) is 1. The van der Waals surface area contributed by atoms with E-state index in [-0.39, 0.29) is 12.8 Å². The Labute approximate surface area is 114 Å². The average Bonchev–Trinajstić information content (AvgIpc) is 2.84. The molecule has 8 nitrogen and oxygen atoms in total. The number of carbonyl (C=O) groups excluding carboxylic acids is 1. The van der Waals surface area contributed by atoms with E-state index in [1.54, 1.807) is 30.3 Å². The third kappa shape index (κ3) is 2.90. The Bertz CT molecular complexity index is 533. The third-order valence-corrected chi connectivity index (χ3v) is 3.43. The van der Waals surface area contributed by atoms with E-state index in [1.807, 2.05) is 0 Å². The summed E-state index contributed by atoms with van der Waals surface area (Å²) in [6.45, 7) is 0. The first-order chi connectivity index (χ1) is 9.49. The fraction of sp³-hybridized carbons (Fsp3) is 0.417. The Hall–Kier alpha value is -2.51. The minimum atomic E-state index is -1.11. The van der Waals surface area contributed by atoms with Gasteiger partial charge in [0.25, 0.3) is 5.91 Å². The molecule has 0 saturated heterocycles. The minimum Gasteiger partial charge on any atom is -0.342 e. The zero-order chi connectivity index (χ0) is 14.7. The van der Waals surface area contributed by atoms with Gasteiger partial charge in [-0.15, -0.1) is 0 Å². The van der Waals surface area contributed by atoms with Gasteiger partial charge in [0.1, 0.15) is 6.04 Å². The number of nitrogens with zero attached hydrogens (tertiary/aromatic N) is 2. The van der Waals surface area contributed by atoms with Crippen LogP contribution in [-0.2, 0) is 0 Å². The van der Waals surface area contributed by atoms with E-state index in [1.165, 1.54) is 0 Å². The average molecular weight is 279 g/mol. The molecule has 1 aliphatic carbocycles. The zero-order valence-corrected chi connectivity index (χ0v) is 10.5. The predicted molar refractivity (Wildman–Crippen MR) is 68.5 cm³/mol. The predicted octanol–water partition coefficient (Wildman–Crippen LogP) is 0.869. The van der Waals surface area contributed by atoms with Crippen LogP contribution in [0.1, 0.15) is 23.2 Å². The highest BCUT2D eigenvalue weighted by atomic mass is 16.6. The van der Waals surface area contributed by atoms with Gasteiger partial charge >= 0.3 is 0 Å². The van der Waals surface area contributed by atoms with E-state index in [4.69, 9.17) is 0 Å². The molecule has 20 heavy (non-hydrogen) atoms. The van der Waals surface area contributed by atoms with Gasteiger partial charge in [-0.05, 0) is 12.1 Å². The second-order valence-corrected chi connectivity index (χ2v) is 4.71. The van der Waals surface area contributed by atoms with Crippen molar-refractivity contribution in [3.05, 3.63) is 56.1 Å². The molecule has 1 saturated carbocycles. The summed E-state index contributed by atoms with van der Waals surface area (Å²) in [6, 6.07) is 5.35. The molecule has 0 heterocycles. The molecule has 1 aromatic carbocycles. The summed E-state index contributed by atoms with van der Waals surface area (Å²) in [5, 5.41) is 24.2. The van der Waals surface area contributed by atoms with Crippen molar-refractivity contribution in [2.75, 3.05) is 0 Å². The maximum absolute atomic E-state index is 11.9. The maximum atomic E-state index is 11.9. The van der Waals surface area contributed by atoms with E-state index in [2.05, 4.69) is 5.32 Å². The summed E-state index contributed by atoms with van der Waals surface area (Å²) < 4.78 is 0. The molecule has 1 fully saturated rings. The number of rotatable bonds is 4. The summed E-state index contributed by atoms with van der Waals surface area (Å²) in [6.07, 6.45) is -0.170. The van der Waals surface area contributed by atoms with Crippen molar-refractivity contribution in [3.63, 3.8) is 0 Å². The molecule has 106 valence electrons. The van der Waals surface area contributed by atoms with Crippen LogP contribution in [-0.4, -0.2) is 33.9 Å². The standard InChI is InChI=1S/C12H13N3O5/c16-12(8-4-2-1-3-5-8)13-10-6-9(14(17)18)7-11(10)15(19)20/h1-5,9-11H,6-7H2,(H,13,16). The van der Waals surface area contributed by atoms with Gasteiger partial charge in [0.05, 0.1) is 6.42 Å². The second kappa shape index (κ2) is 5.64. The van der Waals surface area contributed by atoms with Gasteiger partial charge < -0.3 is 5.32 Å². The molecule has 0 aliphatic heterocycles. The lowest BCUT2D eigenvalue weighted by Crippen LogP contribution is -2.43. The molecule has 2 rings (SSSR count). The monoisotopic (exact) mass is 279 g/mol. The smallest absolute Gasteiger partial charge is 0.251 e. The van der Waals surface area contributed by atoms with Crippen molar-refractivity contribution < 1.29 is 14.6 Å². The number of nitro groups is 2. The molecule has 1 amide bonds. The summed E-state index contributed by atoms with van der Waals surface area (Å²) in [7, 11) is 0. The van der Waals surface area contributed by atoms with Crippen LogP contribution in [0.3, 0.4) is 0 Å². The highest BCUT2D eigenvalue weighted by molar-refractivity contribution is 5.94. The Morgan fingerprint density at radius 1 is 1.10 bits per heavy atom. The molecule has 3 unspecified atom stereocenters. The number of nitrogens with one attached hydrogen (secondary N) is 1. The SMILES string of the molecule is O=C(NC1CC([N+](=O)[O-])CC1[N+](=O)[O-])c1ccccc1. The quantitative estimate of drug-likeness (QED) is 0.648. The van der Waals surface area contributed by atoms with Gasteiger partial charge in [-0.2, -0.15) is 0 Å². The first-order valence-electron chi connectivity index (χ1n) is 6.12. The lowest BCUT2D eigenvalue weighted by molar-refractivity contribution is -0.545. The van der Waals surface area contributed by atoms with E-state index in [9.17, 15) is 25.0 Å². The Morgan fingerprint density at radius 3 is 2.30 bits per heavy atom. The summed E-state index contributed by atoms with van der Waals surface area (Å²) in [5.74, 6) is -0.452. The molecule has 3 atom stereocenters. The van der Waals surface area contributed by atoms with Crippen molar-refractivity contribution >= 4 is 5.91 Å². The lowest BCUT2D eigenvalue weighted by atomic mass is 10.1. The largest absolute Gasteiger partial charge is 0.342 e. The Morgan fingerprint density at radius 2 is 1.75 bits per heavy atom. The number of hydrogen-bond acceptors (Lipinski definition) is 5. The van der Waals surface area contributed by atoms with Crippen molar-refractivity contribution in [3.8, 4) is 0 Å². The maximum Gasteiger partial charge on any atom is 0.251 e. The zero-order valence-electron chi connectivity index (χ0n) is 10.5. The second-order valence-electron chi connectivity index (χ2n) is 4.71. The van der Waals surface area contributed by atoms with Crippen molar-refractivity contribution in [1.82, 2.24) is 5.32 Å². The van der Waals surface area contributed by atoms with Gasteiger partial charge in [-0.1, -0.05) is 18.2 Å². The lowest BCUT2D eigenvalue weighted by Gasteiger charge is -2.14. The highest BCUT2D eigenvalue weighted by Gasteiger charge is 2.48. The fourth-order valence-electron chi connectivity index (χ4n) is 2.39. The number of benzene rings is 1. The van der Waals surface area contributed by atoms with Crippen molar-refractivity contribution in [2.24, 2.45) is 0 Å². The molecule has 1 aromatic rings. The van der Waals surface area contributed by atoms with Gasteiger partial charge in [-0.3, -0.25) is 25.0 Å². The van der Waals surface area contributed by atoms with Crippen LogP contribution < -0.4 is 5.32 Å². The molecule has 0 bridgehead atoms. The minimum absolute atomic E-state index is 0.0166. The van der Waals surface area contributed by atoms with Gasteiger partial charge in [0.15, 0.2) is 0 Å². The molecular formula is C12H13N3O5. The van der Waals surface area contributed by atoms with Crippen LogP contribution in [0.15, 0.2) is 30.3 Å². The highest BCUT2D eigenvalue weighted by Crippen LogP contribution is 2.24. The molecule has 8 heteroatoms. The van der Waals surface area contributed by atoms with Crippen LogP contribution in [0.5, 0.6) is 0 Å². The van der Waals surface area contributed by atoms with Crippen LogP contribution in [0.25, 0.3) is 0 Å². The number of amides is 1. The number of carbonyl (C=O) groups is 1. The van der Waals surface area contributed by atoms with Crippen LogP contribution in [0, 0.1) is 20.2 Å². The van der Waals surface area contributed by atoms with Crippen LogP contribution >= 0.6 is 0 Å². The molecule has 1 N–H and O–H groups in total. The summed E-state index contributed by atoms with van der Waals surface area (Å²) >= 11 is 0. The van der Waals surface area contributed by atoms with Crippen LogP contribution in [0.4, 0.5) is 0 Å². The van der Waals surface area contributed by atoms with E-state index in [0.717, 1.165) is 0 Å². The van der Waals surface area contributed by atoms with Gasteiger partial charge in [0.2, 0.25) is 12.1 Å². The fourth-order valence-corrected chi connectivity index (χ4v) is 2.39. The van der Waals surface area contributed by atoms with Crippen LogP contribution in [0.2, 0.25) is 0 Å². The van der Waals surface area contributed by atoms with E-state index < -0.39 is 33.9 Å². The van der Waals surface area contributed by atoms with E-state index in [0.29, 0.717) is 5.56 Å². The molecule has 0 spiro atoms. The summed E-state index contributed by atoms with van der Waals surface area (Å²) in [5.41, 5.74) is 0.374. The third-order valence-electron chi connectivity index (χ3n) is 3.43. The van der Waals surface area contributed by atoms with Gasteiger partial charge in [-0.25, -0.2) is 0 Å². The first kappa shape index (κ1) is 13.9. The molecule has 0 aromatic heterocycles. The van der Waals surface area contributed by atoms with Gasteiger partial charge in [0, 0.05) is 21.8 Å². The van der Waals surface area contributed by atoms with Crippen molar-refractivity contribution in [1.29, 1.82) is 0 Å². The summed E-state index contributed by atoms with van der Waals surface area (Å²) in [4.78, 5) is 32.5. The molecule has 1 aliphatic rings. The Balaban J connectivity index is 2.09. The molecular weight excluding hydrogens is 266 g/mol. The topological polar surface area (TPSA) is 115 Å². The van der Waals surface area contributed by atoms with Crippen molar-refractivity contribution in [2.45, 2.75) is 31.0 Å². The normalized spacial score (nSPS) is 25.1. The Kier molecular flexibility index (Phi) is 3.92.